The lowest BCUT2D eigenvalue weighted by Crippen LogP contribution is -2.33. The topological polar surface area (TPSA) is 50.3 Å². The van der Waals surface area contributed by atoms with Crippen molar-refractivity contribution in [1.82, 2.24) is 9.29 Å². The van der Waals surface area contributed by atoms with Gasteiger partial charge < -0.3 is 0 Å². The molecule has 1 fully saturated rings. The van der Waals surface area contributed by atoms with Gasteiger partial charge in [0.1, 0.15) is 0 Å². The minimum Gasteiger partial charge on any atom is -0.265 e. The first-order valence-electron chi connectivity index (χ1n) is 7.05. The maximum absolute atomic E-state index is 12.9. The molecule has 0 aliphatic heterocycles. The average molecular weight is 302 g/mol. The van der Waals surface area contributed by atoms with Crippen LogP contribution in [0.4, 0.5) is 0 Å². The van der Waals surface area contributed by atoms with E-state index in [0.29, 0.717) is 11.4 Å². The number of sulfonamides is 1. The van der Waals surface area contributed by atoms with E-state index in [1.54, 1.807) is 28.8 Å². The van der Waals surface area contributed by atoms with E-state index in [1.165, 1.54) is 0 Å². The van der Waals surface area contributed by atoms with E-state index in [-0.39, 0.29) is 6.04 Å². The van der Waals surface area contributed by atoms with Crippen LogP contribution in [0, 0.1) is 6.92 Å². The van der Waals surface area contributed by atoms with Crippen LogP contribution in [0.1, 0.15) is 24.0 Å². The van der Waals surface area contributed by atoms with Gasteiger partial charge in [0.25, 0.3) is 0 Å². The Balaban J connectivity index is 1.96. The molecule has 110 valence electrons. The van der Waals surface area contributed by atoms with Crippen molar-refractivity contribution in [3.8, 4) is 0 Å². The molecule has 0 saturated heterocycles. The molecule has 1 aliphatic carbocycles. The molecule has 0 radical (unpaired) electrons. The van der Waals surface area contributed by atoms with Gasteiger partial charge in [-0.05, 0) is 49.1 Å². The summed E-state index contributed by atoms with van der Waals surface area (Å²) in [5.41, 5.74) is 1.76. The third-order valence-corrected chi connectivity index (χ3v) is 5.78. The number of aryl methyl sites for hydroxylation is 1. The number of rotatable bonds is 5. The number of benzene rings is 1. The molecule has 0 amide bonds. The second-order valence-electron chi connectivity index (χ2n) is 5.40. The molecule has 0 bridgehead atoms. The highest BCUT2D eigenvalue weighted by Gasteiger charge is 2.38. The van der Waals surface area contributed by atoms with Crippen LogP contribution in [0.2, 0.25) is 0 Å². The second kappa shape index (κ2) is 5.58. The Morgan fingerprint density at radius 2 is 1.81 bits per heavy atom. The van der Waals surface area contributed by atoms with Gasteiger partial charge in [-0.25, -0.2) is 8.42 Å². The molecule has 1 aliphatic rings. The maximum Gasteiger partial charge on any atom is 0.243 e. The summed E-state index contributed by atoms with van der Waals surface area (Å²) >= 11 is 0. The summed E-state index contributed by atoms with van der Waals surface area (Å²) in [5.74, 6) is 0. The zero-order valence-electron chi connectivity index (χ0n) is 11.9. The molecule has 1 aromatic carbocycles. The van der Waals surface area contributed by atoms with E-state index < -0.39 is 10.0 Å². The Morgan fingerprint density at radius 3 is 2.43 bits per heavy atom. The third-order valence-electron chi connectivity index (χ3n) is 3.72. The van der Waals surface area contributed by atoms with Crippen LogP contribution in [0.15, 0.2) is 53.7 Å². The Bertz CT molecular complexity index is 725. The second-order valence-corrected chi connectivity index (χ2v) is 7.26. The van der Waals surface area contributed by atoms with Gasteiger partial charge in [-0.1, -0.05) is 18.2 Å². The highest BCUT2D eigenvalue weighted by Crippen LogP contribution is 2.34. The van der Waals surface area contributed by atoms with Gasteiger partial charge in [0.05, 0.1) is 4.90 Å². The van der Waals surface area contributed by atoms with Gasteiger partial charge in [0.2, 0.25) is 10.0 Å². The SMILES string of the molecule is Cc1ccccc1S(=O)(=O)N(Cc1ccncc1)C1CC1. The van der Waals surface area contributed by atoms with E-state index in [0.717, 1.165) is 24.0 Å². The Kier molecular flexibility index (Phi) is 3.78. The van der Waals surface area contributed by atoms with Crippen LogP contribution < -0.4 is 0 Å². The van der Waals surface area contributed by atoms with E-state index in [9.17, 15) is 8.42 Å². The zero-order chi connectivity index (χ0) is 14.9. The molecule has 3 rings (SSSR count). The monoisotopic (exact) mass is 302 g/mol. The average Bonchev–Trinajstić information content (AvgIpc) is 3.30. The molecule has 1 saturated carbocycles. The van der Waals surface area contributed by atoms with Crippen molar-refractivity contribution < 1.29 is 8.42 Å². The Morgan fingerprint density at radius 1 is 1.14 bits per heavy atom. The first-order chi connectivity index (χ1) is 10.1. The predicted octanol–water partition coefficient (Wildman–Crippen LogP) is 2.74. The van der Waals surface area contributed by atoms with Gasteiger partial charge >= 0.3 is 0 Å². The summed E-state index contributed by atoms with van der Waals surface area (Å²) < 4.78 is 27.5. The molecule has 5 heteroatoms. The summed E-state index contributed by atoms with van der Waals surface area (Å²) in [7, 11) is -3.45. The van der Waals surface area contributed by atoms with Crippen molar-refractivity contribution in [2.45, 2.75) is 37.2 Å². The number of aromatic nitrogens is 1. The predicted molar refractivity (Wildman–Crippen MR) is 81.2 cm³/mol. The third kappa shape index (κ3) is 2.99. The minimum absolute atomic E-state index is 0.128. The lowest BCUT2D eigenvalue weighted by Gasteiger charge is -2.23. The molecule has 0 unspecified atom stereocenters. The standard InChI is InChI=1S/C16H18N2O2S/c1-13-4-2-3-5-16(13)21(19,20)18(15-6-7-15)12-14-8-10-17-11-9-14/h2-5,8-11,15H,6-7,12H2,1H3. The van der Waals surface area contributed by atoms with Crippen molar-refractivity contribution >= 4 is 10.0 Å². The molecule has 1 heterocycles. The lowest BCUT2D eigenvalue weighted by molar-refractivity contribution is 0.398. The first kappa shape index (κ1) is 14.2. The molecule has 0 N–H and O–H groups in total. The number of hydrogen-bond donors (Lipinski definition) is 0. The van der Waals surface area contributed by atoms with Crippen LogP contribution in [0.5, 0.6) is 0 Å². The normalized spacial score (nSPS) is 15.3. The van der Waals surface area contributed by atoms with Crippen LogP contribution in [-0.2, 0) is 16.6 Å². The summed E-state index contributed by atoms with van der Waals surface area (Å²) in [6.45, 7) is 2.24. The number of pyridine rings is 1. The molecular formula is C16H18N2O2S. The fraction of sp³-hybridized carbons (Fsp3) is 0.312. The molecule has 1 aromatic heterocycles. The molecule has 0 spiro atoms. The van der Waals surface area contributed by atoms with Crippen molar-refractivity contribution in [2.75, 3.05) is 0 Å². The lowest BCUT2D eigenvalue weighted by atomic mass is 10.2. The van der Waals surface area contributed by atoms with Crippen molar-refractivity contribution in [3.05, 3.63) is 59.9 Å². The summed E-state index contributed by atoms with van der Waals surface area (Å²) in [6.07, 6.45) is 5.27. The fourth-order valence-corrected chi connectivity index (χ4v) is 4.31. The van der Waals surface area contributed by atoms with E-state index >= 15 is 0 Å². The van der Waals surface area contributed by atoms with Crippen molar-refractivity contribution in [2.24, 2.45) is 0 Å². The van der Waals surface area contributed by atoms with Crippen LogP contribution >= 0.6 is 0 Å². The van der Waals surface area contributed by atoms with Gasteiger partial charge in [0.15, 0.2) is 0 Å². The molecule has 2 aromatic rings. The van der Waals surface area contributed by atoms with Gasteiger partial charge in [-0.2, -0.15) is 4.31 Å². The molecule has 0 atom stereocenters. The number of hydrogen-bond acceptors (Lipinski definition) is 3. The zero-order valence-corrected chi connectivity index (χ0v) is 12.8. The highest BCUT2D eigenvalue weighted by molar-refractivity contribution is 7.89. The largest absolute Gasteiger partial charge is 0.265 e. The van der Waals surface area contributed by atoms with E-state index in [4.69, 9.17) is 0 Å². The number of nitrogens with zero attached hydrogens (tertiary/aromatic N) is 2. The minimum atomic E-state index is -3.45. The highest BCUT2D eigenvalue weighted by atomic mass is 32.2. The Labute approximate surface area is 125 Å². The first-order valence-corrected chi connectivity index (χ1v) is 8.49. The van der Waals surface area contributed by atoms with Gasteiger partial charge in [-0.15, -0.1) is 0 Å². The molecule has 21 heavy (non-hydrogen) atoms. The Hall–Kier alpha value is -1.72. The summed E-state index contributed by atoms with van der Waals surface area (Å²) in [6, 6.07) is 11.0. The summed E-state index contributed by atoms with van der Waals surface area (Å²) in [4.78, 5) is 4.39. The van der Waals surface area contributed by atoms with Crippen molar-refractivity contribution in [1.29, 1.82) is 0 Å². The van der Waals surface area contributed by atoms with Crippen LogP contribution in [-0.4, -0.2) is 23.7 Å². The van der Waals surface area contributed by atoms with E-state index in [2.05, 4.69) is 4.98 Å². The quantitative estimate of drug-likeness (QED) is 0.853. The molecular weight excluding hydrogens is 284 g/mol. The van der Waals surface area contributed by atoms with Gasteiger partial charge in [-0.3, -0.25) is 4.98 Å². The van der Waals surface area contributed by atoms with E-state index in [1.807, 2.05) is 31.2 Å². The van der Waals surface area contributed by atoms with Crippen LogP contribution in [0.3, 0.4) is 0 Å². The van der Waals surface area contributed by atoms with Crippen molar-refractivity contribution in [3.63, 3.8) is 0 Å². The summed E-state index contributed by atoms with van der Waals surface area (Å²) in [5, 5.41) is 0. The maximum atomic E-state index is 12.9. The van der Waals surface area contributed by atoms with Gasteiger partial charge in [0, 0.05) is 25.0 Å². The fourth-order valence-electron chi connectivity index (χ4n) is 2.41. The smallest absolute Gasteiger partial charge is 0.243 e. The molecule has 4 nitrogen and oxygen atoms in total. The van der Waals surface area contributed by atoms with Crippen LogP contribution in [0.25, 0.3) is 0 Å².